The first kappa shape index (κ1) is 21.1. The molecule has 4 atom stereocenters. The highest BCUT2D eigenvalue weighted by molar-refractivity contribution is 5.61. The van der Waals surface area contributed by atoms with Crippen LogP contribution in [0.15, 0.2) is 24.4 Å². The van der Waals surface area contributed by atoms with Crippen LogP contribution in [0.25, 0.3) is 17.2 Å². The number of benzene rings is 1. The fourth-order valence-corrected chi connectivity index (χ4v) is 4.64. The van der Waals surface area contributed by atoms with Crippen molar-refractivity contribution in [2.24, 2.45) is 17.8 Å². The van der Waals surface area contributed by atoms with Crippen molar-refractivity contribution >= 4 is 11.6 Å². The number of hydrogen-bond acceptors (Lipinski definition) is 6. The zero-order valence-electron chi connectivity index (χ0n) is 18.5. The quantitative estimate of drug-likeness (QED) is 0.603. The van der Waals surface area contributed by atoms with Crippen molar-refractivity contribution in [2.45, 2.75) is 45.8 Å². The number of nitrogens with one attached hydrogen (secondary N) is 2. The third-order valence-electron chi connectivity index (χ3n) is 6.77. The van der Waals surface area contributed by atoms with Gasteiger partial charge >= 0.3 is 0 Å². The maximum atomic E-state index is 15.0. The lowest BCUT2D eigenvalue weighted by molar-refractivity contribution is 0.198. The molecule has 3 heterocycles. The lowest BCUT2D eigenvalue weighted by atomic mass is 10.0. The first-order valence-electron chi connectivity index (χ1n) is 11.2. The number of halogens is 2. The van der Waals surface area contributed by atoms with Crippen LogP contribution in [0.5, 0.6) is 5.75 Å². The molecule has 1 saturated carbocycles. The van der Waals surface area contributed by atoms with Crippen LogP contribution in [-0.2, 0) is 0 Å². The molecule has 0 radical (unpaired) electrons. The number of fused-ring (bicyclic) bond motifs is 2. The Bertz CT molecular complexity index is 1100. The topological polar surface area (TPSA) is 76.4 Å². The lowest BCUT2D eigenvalue weighted by Gasteiger charge is -2.18. The average molecular weight is 443 g/mol. The van der Waals surface area contributed by atoms with Crippen LogP contribution in [0.2, 0.25) is 0 Å². The van der Waals surface area contributed by atoms with Crippen LogP contribution in [0.4, 0.5) is 14.6 Å². The second kappa shape index (κ2) is 8.27. The Morgan fingerprint density at radius 1 is 1.12 bits per heavy atom. The minimum Gasteiger partial charge on any atom is -0.490 e. The smallest absolute Gasteiger partial charge is 0.254 e. The minimum absolute atomic E-state index is 0.00847. The van der Waals surface area contributed by atoms with E-state index in [1.54, 1.807) is 12.3 Å². The van der Waals surface area contributed by atoms with Crippen molar-refractivity contribution in [1.82, 2.24) is 24.9 Å². The van der Waals surface area contributed by atoms with Crippen LogP contribution >= 0.6 is 0 Å². The lowest BCUT2D eigenvalue weighted by Crippen LogP contribution is -2.23. The molecule has 5 rings (SSSR count). The van der Waals surface area contributed by atoms with Crippen LogP contribution in [0, 0.1) is 29.4 Å². The van der Waals surface area contributed by atoms with Gasteiger partial charge in [-0.05, 0) is 56.7 Å². The molecule has 2 aliphatic rings. The Labute approximate surface area is 185 Å². The van der Waals surface area contributed by atoms with Crippen molar-refractivity contribution in [2.75, 3.05) is 18.4 Å². The van der Waals surface area contributed by atoms with Gasteiger partial charge < -0.3 is 15.4 Å². The zero-order valence-corrected chi connectivity index (χ0v) is 18.5. The molecule has 0 amide bonds. The molecule has 0 bridgehead atoms. The summed E-state index contributed by atoms with van der Waals surface area (Å²) < 4.78 is 37.4. The van der Waals surface area contributed by atoms with Crippen molar-refractivity contribution in [3.63, 3.8) is 0 Å². The predicted octanol–water partition coefficient (Wildman–Crippen LogP) is 3.90. The van der Waals surface area contributed by atoms with Gasteiger partial charge in [0.1, 0.15) is 23.2 Å². The summed E-state index contributed by atoms with van der Waals surface area (Å²) in [5.74, 6) is 1.16. The van der Waals surface area contributed by atoms with Gasteiger partial charge in [0.05, 0.1) is 11.7 Å². The molecule has 1 aromatic carbocycles. The minimum atomic E-state index is -0.749. The van der Waals surface area contributed by atoms with E-state index in [4.69, 9.17) is 4.74 Å². The maximum Gasteiger partial charge on any atom is 0.254 e. The number of ether oxygens (including phenoxy) is 1. The molecular weight excluding hydrogens is 414 g/mol. The SMILES string of the molecule is CC(C)[C@@H](C)Nc1ccnc2nc(-c3c(F)cc(OC4C[C@H]5CNC[C@H]5C4)cc3F)nn12. The number of aromatic nitrogens is 4. The summed E-state index contributed by atoms with van der Waals surface area (Å²) >= 11 is 0. The average Bonchev–Trinajstić information content (AvgIpc) is 3.42. The summed E-state index contributed by atoms with van der Waals surface area (Å²) in [5.41, 5.74) is -0.279. The fraction of sp³-hybridized carbons (Fsp3) is 0.522. The Morgan fingerprint density at radius 3 is 2.47 bits per heavy atom. The molecule has 3 aromatic rings. The molecule has 1 aliphatic carbocycles. The van der Waals surface area contributed by atoms with E-state index in [-0.39, 0.29) is 35.1 Å². The molecular formula is C23H28F2N6O. The Hall–Kier alpha value is -2.81. The molecule has 0 spiro atoms. The second-order valence-electron chi connectivity index (χ2n) is 9.31. The van der Waals surface area contributed by atoms with Crippen molar-refractivity contribution in [3.05, 3.63) is 36.0 Å². The van der Waals surface area contributed by atoms with Crippen LogP contribution in [0.1, 0.15) is 33.6 Å². The first-order valence-corrected chi connectivity index (χ1v) is 11.2. The highest BCUT2D eigenvalue weighted by Crippen LogP contribution is 2.37. The third-order valence-corrected chi connectivity index (χ3v) is 6.77. The largest absolute Gasteiger partial charge is 0.490 e. The molecule has 9 heteroatoms. The van der Waals surface area contributed by atoms with Gasteiger partial charge in [0.25, 0.3) is 5.78 Å². The van der Waals surface area contributed by atoms with Crippen LogP contribution in [0.3, 0.4) is 0 Å². The van der Waals surface area contributed by atoms with Gasteiger partial charge in [0.2, 0.25) is 0 Å². The predicted molar refractivity (Wildman–Crippen MR) is 118 cm³/mol. The standard InChI is InChI=1S/C23H28F2N6O/c1-12(2)13(3)28-20-4-5-27-23-29-22(30-31(20)23)21-18(24)8-17(9-19(21)25)32-16-6-14-10-26-11-15(14)7-16/h4-5,8-9,12-16,26,28H,6-7,10-11H2,1-3H3/t13-,14-,15+,16?/m1/s1. The molecule has 32 heavy (non-hydrogen) atoms. The molecule has 1 aliphatic heterocycles. The fourth-order valence-electron chi connectivity index (χ4n) is 4.64. The number of nitrogens with zero attached hydrogens (tertiary/aromatic N) is 4. The Kier molecular flexibility index (Phi) is 5.44. The van der Waals surface area contributed by atoms with E-state index >= 15 is 0 Å². The van der Waals surface area contributed by atoms with E-state index < -0.39 is 11.6 Å². The van der Waals surface area contributed by atoms with E-state index in [1.165, 1.54) is 16.6 Å². The van der Waals surface area contributed by atoms with E-state index in [9.17, 15) is 8.78 Å². The summed E-state index contributed by atoms with van der Waals surface area (Å²) in [6, 6.07) is 4.39. The van der Waals surface area contributed by atoms with Gasteiger partial charge in [-0.1, -0.05) is 13.8 Å². The van der Waals surface area contributed by atoms with E-state index in [1.807, 2.05) is 0 Å². The zero-order chi connectivity index (χ0) is 22.4. The summed E-state index contributed by atoms with van der Waals surface area (Å²) in [6.45, 7) is 8.25. The molecule has 7 nitrogen and oxygen atoms in total. The van der Waals surface area contributed by atoms with Crippen molar-refractivity contribution in [3.8, 4) is 17.1 Å². The third kappa shape index (κ3) is 3.90. The summed E-state index contributed by atoms with van der Waals surface area (Å²) in [6.07, 6.45) is 3.41. The second-order valence-corrected chi connectivity index (χ2v) is 9.31. The highest BCUT2D eigenvalue weighted by atomic mass is 19.1. The monoisotopic (exact) mass is 442 g/mol. The van der Waals surface area contributed by atoms with Gasteiger partial charge in [0, 0.05) is 24.4 Å². The van der Waals surface area contributed by atoms with Crippen LogP contribution < -0.4 is 15.4 Å². The molecule has 1 unspecified atom stereocenters. The van der Waals surface area contributed by atoms with Gasteiger partial charge in [-0.15, -0.1) is 5.10 Å². The first-order chi connectivity index (χ1) is 15.4. The highest BCUT2D eigenvalue weighted by Gasteiger charge is 2.38. The van der Waals surface area contributed by atoms with Gasteiger partial charge in [0.15, 0.2) is 5.82 Å². The van der Waals surface area contributed by atoms with Crippen molar-refractivity contribution in [1.29, 1.82) is 0 Å². The summed E-state index contributed by atoms with van der Waals surface area (Å²) in [4.78, 5) is 8.45. The molecule has 2 fully saturated rings. The van der Waals surface area contributed by atoms with E-state index in [2.05, 4.69) is 46.5 Å². The number of anilines is 1. The van der Waals surface area contributed by atoms with Crippen molar-refractivity contribution < 1.29 is 13.5 Å². The normalized spacial score (nSPS) is 23.6. The van der Waals surface area contributed by atoms with Gasteiger partial charge in [-0.25, -0.2) is 13.8 Å². The molecule has 170 valence electrons. The van der Waals surface area contributed by atoms with E-state index in [0.29, 0.717) is 23.6 Å². The van der Waals surface area contributed by atoms with Gasteiger partial charge in [-0.3, -0.25) is 0 Å². The molecule has 2 aromatic heterocycles. The molecule has 2 N–H and O–H groups in total. The maximum absolute atomic E-state index is 15.0. The number of rotatable bonds is 6. The summed E-state index contributed by atoms with van der Waals surface area (Å²) in [7, 11) is 0. The number of hydrogen-bond donors (Lipinski definition) is 2. The van der Waals surface area contributed by atoms with Crippen LogP contribution in [-0.4, -0.2) is 44.8 Å². The summed E-state index contributed by atoms with van der Waals surface area (Å²) in [5, 5.41) is 11.1. The van der Waals surface area contributed by atoms with E-state index in [0.717, 1.165) is 25.9 Å². The molecule has 1 saturated heterocycles. The Morgan fingerprint density at radius 2 is 1.81 bits per heavy atom. The Balaban J connectivity index is 1.41. The van der Waals surface area contributed by atoms with Gasteiger partial charge in [-0.2, -0.15) is 9.50 Å².